The minimum atomic E-state index is -5.57. The van der Waals surface area contributed by atoms with Gasteiger partial charge in [-0.3, -0.25) is 0 Å². The molecule has 6 heteroatoms. The molecule has 2 aromatic rings. The quantitative estimate of drug-likeness (QED) is 0.406. The average Bonchev–Trinajstić information content (AvgIpc) is 2.66. The normalized spacial score (nSPS) is 14.1. The Balaban J connectivity index is 2.78. The van der Waals surface area contributed by atoms with E-state index in [9.17, 15) is 26.3 Å². The summed E-state index contributed by atoms with van der Waals surface area (Å²) >= 11 is 0. The van der Waals surface area contributed by atoms with Crippen LogP contribution >= 0.6 is 0 Å². The summed E-state index contributed by atoms with van der Waals surface area (Å²) < 4.78 is 85.9. The topological polar surface area (TPSA) is 0 Å². The molecule has 2 rings (SSSR count). The smallest absolute Gasteiger partial charge is 0.169 e. The van der Waals surface area contributed by atoms with Gasteiger partial charge in [0.15, 0.2) is 0 Å². The van der Waals surface area contributed by atoms with Crippen molar-refractivity contribution in [2.45, 2.75) is 83.0 Å². The maximum Gasteiger partial charge on any atom is 0.411 e. The first-order valence-corrected chi connectivity index (χ1v) is 10.4. The molecular formula is C25H30F6. The summed E-state index contributed by atoms with van der Waals surface area (Å²) in [7, 11) is 0. The predicted molar refractivity (Wildman–Crippen MR) is 112 cm³/mol. The third kappa shape index (κ3) is 4.35. The standard InChI is InChI=1S/C25H30F6/c1-7-22(6,8-2)18-11-15-20(16-12-18)23(24(26,27)28,25(29,30)31)19-13-9-17(10-14-19)21(3,4)5/h9-16H,7-8H2,1-6H3. The van der Waals surface area contributed by atoms with Crippen molar-refractivity contribution in [2.24, 2.45) is 0 Å². The van der Waals surface area contributed by atoms with E-state index >= 15 is 0 Å². The van der Waals surface area contributed by atoms with Gasteiger partial charge in [-0.15, -0.1) is 0 Å². The van der Waals surface area contributed by atoms with Crippen LogP contribution in [0.25, 0.3) is 0 Å². The Morgan fingerprint density at radius 3 is 1.06 bits per heavy atom. The van der Waals surface area contributed by atoms with E-state index in [1.807, 2.05) is 41.5 Å². The fourth-order valence-corrected chi connectivity index (χ4v) is 3.98. The molecule has 0 aliphatic heterocycles. The van der Waals surface area contributed by atoms with Crippen molar-refractivity contribution in [2.75, 3.05) is 0 Å². The minimum Gasteiger partial charge on any atom is -0.169 e. The maximum absolute atomic E-state index is 14.3. The summed E-state index contributed by atoms with van der Waals surface area (Å²) in [5.74, 6) is 0. The second-order valence-electron chi connectivity index (χ2n) is 9.42. The van der Waals surface area contributed by atoms with Crippen LogP contribution in [0.3, 0.4) is 0 Å². The van der Waals surface area contributed by atoms with Crippen molar-refractivity contribution in [3.8, 4) is 0 Å². The Bertz CT molecular complexity index is 847. The number of rotatable bonds is 5. The monoisotopic (exact) mass is 444 g/mol. The van der Waals surface area contributed by atoms with Crippen LogP contribution in [0.4, 0.5) is 26.3 Å². The third-order valence-corrected chi connectivity index (χ3v) is 6.61. The third-order valence-electron chi connectivity index (χ3n) is 6.61. The highest BCUT2D eigenvalue weighted by Crippen LogP contribution is 2.56. The molecule has 0 aromatic heterocycles. The van der Waals surface area contributed by atoms with Gasteiger partial charge in [-0.1, -0.05) is 90.1 Å². The minimum absolute atomic E-state index is 0.313. The van der Waals surface area contributed by atoms with E-state index in [-0.39, 0.29) is 5.41 Å². The number of alkyl halides is 6. The predicted octanol–water partition coefficient (Wildman–Crippen LogP) is 8.47. The Kier molecular flexibility index (Phi) is 6.67. The lowest BCUT2D eigenvalue weighted by Crippen LogP contribution is -2.54. The zero-order valence-corrected chi connectivity index (χ0v) is 18.8. The number of hydrogen-bond donors (Lipinski definition) is 0. The van der Waals surface area contributed by atoms with E-state index in [0.29, 0.717) is 5.56 Å². The summed E-state index contributed by atoms with van der Waals surface area (Å²) in [4.78, 5) is 0. The molecule has 0 atom stereocenters. The van der Waals surface area contributed by atoms with E-state index in [2.05, 4.69) is 0 Å². The van der Waals surface area contributed by atoms with Gasteiger partial charge in [0.05, 0.1) is 0 Å². The zero-order valence-electron chi connectivity index (χ0n) is 18.8. The molecule has 0 nitrogen and oxygen atoms in total. The fraction of sp³-hybridized carbons (Fsp3) is 0.520. The van der Waals surface area contributed by atoms with Crippen LogP contribution in [-0.4, -0.2) is 12.4 Å². The first kappa shape index (κ1) is 25.3. The Morgan fingerprint density at radius 1 is 0.516 bits per heavy atom. The van der Waals surface area contributed by atoms with Gasteiger partial charge in [-0.25, -0.2) is 0 Å². The molecule has 0 saturated carbocycles. The van der Waals surface area contributed by atoms with Crippen LogP contribution in [0.5, 0.6) is 0 Å². The summed E-state index contributed by atoms with van der Waals surface area (Å²) in [6, 6.07) is 9.38. The molecule has 0 saturated heterocycles. The van der Waals surface area contributed by atoms with Crippen molar-refractivity contribution in [1.82, 2.24) is 0 Å². The highest BCUT2D eigenvalue weighted by Gasteiger charge is 2.72. The van der Waals surface area contributed by atoms with Gasteiger partial charge in [0.1, 0.15) is 0 Å². The largest absolute Gasteiger partial charge is 0.411 e. The second kappa shape index (κ2) is 8.18. The van der Waals surface area contributed by atoms with Crippen molar-refractivity contribution in [1.29, 1.82) is 0 Å². The Labute approximate surface area is 180 Å². The zero-order chi connectivity index (χ0) is 23.9. The molecule has 31 heavy (non-hydrogen) atoms. The van der Waals surface area contributed by atoms with E-state index in [4.69, 9.17) is 0 Å². The molecule has 0 amide bonds. The van der Waals surface area contributed by atoms with Crippen LogP contribution in [0.1, 0.15) is 76.6 Å². The Hall–Kier alpha value is -1.98. The molecule has 2 aromatic carbocycles. The molecule has 0 N–H and O–H groups in total. The van der Waals surface area contributed by atoms with E-state index in [0.717, 1.165) is 42.7 Å². The first-order chi connectivity index (χ1) is 14.0. The molecule has 0 unspecified atom stereocenters. The number of hydrogen-bond acceptors (Lipinski definition) is 0. The van der Waals surface area contributed by atoms with Crippen LogP contribution in [-0.2, 0) is 16.2 Å². The van der Waals surface area contributed by atoms with Gasteiger partial charge in [0.25, 0.3) is 0 Å². The van der Waals surface area contributed by atoms with Crippen molar-refractivity contribution >= 4 is 0 Å². The molecule has 0 spiro atoms. The second-order valence-corrected chi connectivity index (χ2v) is 9.42. The van der Waals surface area contributed by atoms with E-state index in [1.165, 1.54) is 24.3 Å². The molecule has 0 heterocycles. The van der Waals surface area contributed by atoms with Gasteiger partial charge >= 0.3 is 12.4 Å². The summed E-state index contributed by atoms with van der Waals surface area (Å²) in [5, 5.41) is 0. The molecule has 0 aliphatic rings. The summed E-state index contributed by atoms with van der Waals surface area (Å²) in [6.45, 7) is 11.4. The lowest BCUT2D eigenvalue weighted by Gasteiger charge is -2.39. The number of halogens is 6. The molecule has 172 valence electrons. The highest BCUT2D eigenvalue weighted by atomic mass is 19.4. The van der Waals surface area contributed by atoms with Gasteiger partial charge in [-0.2, -0.15) is 26.3 Å². The van der Waals surface area contributed by atoms with Crippen LogP contribution < -0.4 is 0 Å². The van der Waals surface area contributed by atoms with Crippen LogP contribution in [0.15, 0.2) is 48.5 Å². The Morgan fingerprint density at radius 2 is 0.806 bits per heavy atom. The summed E-state index contributed by atoms with van der Waals surface area (Å²) in [5.41, 5.74) is -5.09. The maximum atomic E-state index is 14.3. The molecule has 0 radical (unpaired) electrons. The summed E-state index contributed by atoms with van der Waals surface area (Å²) in [6.07, 6.45) is -9.70. The molecule has 0 fully saturated rings. The van der Waals surface area contributed by atoms with Gasteiger partial charge < -0.3 is 0 Å². The number of benzene rings is 2. The average molecular weight is 445 g/mol. The van der Waals surface area contributed by atoms with Crippen LogP contribution in [0, 0.1) is 0 Å². The van der Waals surface area contributed by atoms with E-state index < -0.39 is 34.3 Å². The SMILES string of the molecule is CCC(C)(CC)c1ccc(C(c2ccc(C(C)(C)C)cc2)(C(F)(F)F)C(F)(F)F)cc1. The van der Waals surface area contributed by atoms with Crippen molar-refractivity contribution in [3.63, 3.8) is 0 Å². The molecule has 0 aliphatic carbocycles. The van der Waals surface area contributed by atoms with Crippen LogP contribution in [0.2, 0.25) is 0 Å². The fourth-order valence-electron chi connectivity index (χ4n) is 3.98. The highest BCUT2D eigenvalue weighted by molar-refractivity contribution is 5.46. The van der Waals surface area contributed by atoms with E-state index in [1.54, 1.807) is 0 Å². The van der Waals surface area contributed by atoms with Crippen molar-refractivity contribution in [3.05, 3.63) is 70.8 Å². The van der Waals surface area contributed by atoms with Crippen molar-refractivity contribution < 1.29 is 26.3 Å². The lowest BCUT2D eigenvalue weighted by atomic mass is 9.70. The lowest BCUT2D eigenvalue weighted by molar-refractivity contribution is -0.288. The van der Waals surface area contributed by atoms with Gasteiger partial charge in [0, 0.05) is 0 Å². The van der Waals surface area contributed by atoms with Gasteiger partial charge in [0.2, 0.25) is 5.41 Å². The van der Waals surface area contributed by atoms with Gasteiger partial charge in [-0.05, 0) is 45.9 Å². The first-order valence-electron chi connectivity index (χ1n) is 10.4. The molecular weight excluding hydrogens is 414 g/mol. The molecule has 0 bridgehead atoms.